The fraction of sp³-hybridized carbons (Fsp3) is 1.00. The summed E-state index contributed by atoms with van der Waals surface area (Å²) in [5.74, 6) is 0. The molecular formula is C5H9F2O2P. The van der Waals surface area contributed by atoms with Gasteiger partial charge in [0.1, 0.15) is 0 Å². The van der Waals surface area contributed by atoms with E-state index in [0.717, 1.165) is 0 Å². The molecule has 1 aliphatic heterocycles. The van der Waals surface area contributed by atoms with Gasteiger partial charge in [-0.1, -0.05) is 6.92 Å². The van der Waals surface area contributed by atoms with Gasteiger partial charge in [0.05, 0.1) is 19.8 Å². The molecule has 0 unspecified atom stereocenters. The highest BCUT2D eigenvalue weighted by molar-refractivity contribution is 7.40. The summed E-state index contributed by atoms with van der Waals surface area (Å²) in [5.41, 5.74) is -0.154. The van der Waals surface area contributed by atoms with Crippen molar-refractivity contribution in [2.45, 2.75) is 6.92 Å². The number of hydrogen-bond donors (Lipinski definition) is 0. The van der Waals surface area contributed by atoms with Gasteiger partial charge in [-0.3, -0.25) is 0 Å². The number of ether oxygens (including phenoxy) is 1. The third-order valence-corrected chi connectivity index (χ3v) is 1.74. The van der Waals surface area contributed by atoms with Crippen molar-refractivity contribution in [2.75, 3.05) is 19.8 Å². The van der Waals surface area contributed by atoms with Crippen LogP contribution in [0.5, 0.6) is 0 Å². The molecule has 5 heteroatoms. The molecule has 1 saturated heterocycles. The van der Waals surface area contributed by atoms with Gasteiger partial charge in [-0.25, -0.2) is 0 Å². The SMILES string of the molecule is CC1(COP(F)F)COC1. The molecule has 1 aliphatic rings. The van der Waals surface area contributed by atoms with Crippen molar-refractivity contribution in [3.05, 3.63) is 0 Å². The Morgan fingerprint density at radius 3 is 2.50 bits per heavy atom. The molecule has 0 saturated carbocycles. The van der Waals surface area contributed by atoms with Crippen molar-refractivity contribution in [2.24, 2.45) is 5.41 Å². The molecule has 0 aliphatic carbocycles. The number of rotatable bonds is 3. The second-order valence-corrected chi connectivity index (χ2v) is 3.44. The highest BCUT2D eigenvalue weighted by atomic mass is 31.2. The monoisotopic (exact) mass is 170 g/mol. The Morgan fingerprint density at radius 2 is 2.20 bits per heavy atom. The number of hydrogen-bond acceptors (Lipinski definition) is 2. The van der Waals surface area contributed by atoms with E-state index in [-0.39, 0.29) is 12.0 Å². The average molecular weight is 170 g/mol. The molecule has 0 spiro atoms. The normalized spacial score (nSPS) is 22.8. The van der Waals surface area contributed by atoms with E-state index in [9.17, 15) is 8.39 Å². The molecule has 0 aromatic carbocycles. The molecule has 0 N–H and O–H groups in total. The molecule has 1 heterocycles. The van der Waals surface area contributed by atoms with Crippen LogP contribution < -0.4 is 0 Å². The topological polar surface area (TPSA) is 18.5 Å². The first kappa shape index (κ1) is 8.31. The maximum atomic E-state index is 11.5. The first-order valence-electron chi connectivity index (χ1n) is 2.95. The third kappa shape index (κ3) is 2.11. The molecular weight excluding hydrogens is 161 g/mol. The van der Waals surface area contributed by atoms with Crippen LogP contribution in [0.3, 0.4) is 0 Å². The Balaban J connectivity index is 2.12. The van der Waals surface area contributed by atoms with Crippen molar-refractivity contribution in [1.82, 2.24) is 0 Å². The van der Waals surface area contributed by atoms with Crippen LogP contribution >= 0.6 is 8.77 Å². The Bertz CT molecular complexity index is 116. The molecule has 0 radical (unpaired) electrons. The van der Waals surface area contributed by atoms with Gasteiger partial charge in [0.2, 0.25) is 0 Å². The van der Waals surface area contributed by atoms with E-state index in [1.807, 2.05) is 6.92 Å². The van der Waals surface area contributed by atoms with Crippen LogP contribution in [0.1, 0.15) is 6.92 Å². The molecule has 0 aromatic rings. The quantitative estimate of drug-likeness (QED) is 0.604. The molecule has 0 amide bonds. The molecule has 2 nitrogen and oxygen atoms in total. The van der Waals surface area contributed by atoms with Gasteiger partial charge in [-0.15, -0.1) is 0 Å². The van der Waals surface area contributed by atoms with Crippen LogP contribution in [0.2, 0.25) is 0 Å². The van der Waals surface area contributed by atoms with E-state index in [0.29, 0.717) is 13.2 Å². The summed E-state index contributed by atoms with van der Waals surface area (Å²) in [5, 5.41) is 0. The second-order valence-electron chi connectivity index (χ2n) is 2.78. The van der Waals surface area contributed by atoms with Crippen LogP contribution in [0, 0.1) is 5.41 Å². The molecule has 0 atom stereocenters. The maximum Gasteiger partial charge on any atom is 0.415 e. The highest BCUT2D eigenvalue weighted by Gasteiger charge is 2.34. The summed E-state index contributed by atoms with van der Waals surface area (Å²) >= 11 is 0. The number of halogens is 2. The molecule has 10 heavy (non-hydrogen) atoms. The van der Waals surface area contributed by atoms with Crippen LogP contribution in [0.15, 0.2) is 0 Å². The zero-order valence-electron chi connectivity index (χ0n) is 5.64. The van der Waals surface area contributed by atoms with Crippen molar-refractivity contribution in [3.63, 3.8) is 0 Å². The lowest BCUT2D eigenvalue weighted by Gasteiger charge is -2.37. The Hall–Kier alpha value is 0.210. The summed E-state index contributed by atoms with van der Waals surface area (Å²) in [6.07, 6.45) is 0. The summed E-state index contributed by atoms with van der Waals surface area (Å²) in [7, 11) is -3.19. The molecule has 1 fully saturated rings. The summed E-state index contributed by atoms with van der Waals surface area (Å²) in [4.78, 5) is 0. The fourth-order valence-corrected chi connectivity index (χ4v) is 1.15. The Kier molecular flexibility index (Phi) is 2.55. The van der Waals surface area contributed by atoms with Gasteiger partial charge in [-0.2, -0.15) is 8.39 Å². The van der Waals surface area contributed by atoms with Crippen LogP contribution in [0.25, 0.3) is 0 Å². The van der Waals surface area contributed by atoms with E-state index in [1.54, 1.807) is 0 Å². The van der Waals surface area contributed by atoms with Crippen LogP contribution in [0.4, 0.5) is 8.39 Å². The summed E-state index contributed by atoms with van der Waals surface area (Å²) in [6, 6.07) is 0. The average Bonchev–Trinajstić information content (AvgIpc) is 1.79. The van der Waals surface area contributed by atoms with Crippen molar-refractivity contribution >= 4 is 8.77 Å². The Morgan fingerprint density at radius 1 is 1.60 bits per heavy atom. The minimum atomic E-state index is -3.19. The zero-order chi connectivity index (χ0) is 7.61. The van der Waals surface area contributed by atoms with E-state index in [2.05, 4.69) is 4.52 Å². The van der Waals surface area contributed by atoms with E-state index in [1.165, 1.54) is 0 Å². The van der Waals surface area contributed by atoms with Gasteiger partial charge in [-0.05, 0) is 0 Å². The van der Waals surface area contributed by atoms with Gasteiger partial charge >= 0.3 is 8.77 Å². The van der Waals surface area contributed by atoms with E-state index in [4.69, 9.17) is 4.74 Å². The van der Waals surface area contributed by atoms with E-state index < -0.39 is 8.77 Å². The fourth-order valence-electron chi connectivity index (χ4n) is 0.738. The minimum Gasteiger partial charge on any atom is -0.380 e. The zero-order valence-corrected chi connectivity index (χ0v) is 6.54. The predicted octanol–water partition coefficient (Wildman–Crippen LogP) is 2.21. The lowest BCUT2D eigenvalue weighted by atomic mass is 9.90. The molecule has 60 valence electrons. The second kappa shape index (κ2) is 3.07. The maximum absolute atomic E-state index is 11.5. The van der Waals surface area contributed by atoms with Gasteiger partial charge in [0.15, 0.2) is 0 Å². The standard InChI is InChI=1S/C5H9F2O2P/c1-5(2-8-3-5)4-9-10(6)7/h2-4H2,1H3. The highest BCUT2D eigenvalue weighted by Crippen LogP contribution is 2.42. The van der Waals surface area contributed by atoms with Crippen molar-refractivity contribution in [1.29, 1.82) is 0 Å². The summed E-state index contributed by atoms with van der Waals surface area (Å²) in [6.45, 7) is 3.06. The third-order valence-electron chi connectivity index (χ3n) is 1.41. The van der Waals surface area contributed by atoms with Gasteiger partial charge in [0.25, 0.3) is 0 Å². The molecule has 1 rings (SSSR count). The molecule has 0 bridgehead atoms. The van der Waals surface area contributed by atoms with Gasteiger partial charge < -0.3 is 9.26 Å². The lowest BCUT2D eigenvalue weighted by Crippen LogP contribution is -2.43. The van der Waals surface area contributed by atoms with E-state index >= 15 is 0 Å². The van der Waals surface area contributed by atoms with Crippen LogP contribution in [-0.4, -0.2) is 19.8 Å². The smallest absolute Gasteiger partial charge is 0.380 e. The first-order chi connectivity index (χ1) is 4.62. The lowest BCUT2D eigenvalue weighted by molar-refractivity contribution is -0.120. The van der Waals surface area contributed by atoms with Crippen molar-refractivity contribution in [3.8, 4) is 0 Å². The van der Waals surface area contributed by atoms with Crippen molar-refractivity contribution < 1.29 is 17.7 Å². The minimum absolute atomic E-state index is 0.117. The van der Waals surface area contributed by atoms with Gasteiger partial charge in [0, 0.05) is 5.41 Å². The molecule has 0 aromatic heterocycles. The summed E-state index contributed by atoms with van der Waals surface area (Å²) < 4.78 is 32.1. The Labute approximate surface area is 59.6 Å². The largest absolute Gasteiger partial charge is 0.415 e. The predicted molar refractivity (Wildman–Crippen MR) is 34.0 cm³/mol. The first-order valence-corrected chi connectivity index (χ1v) is 3.99. The van der Waals surface area contributed by atoms with Crippen LogP contribution in [-0.2, 0) is 9.26 Å².